The van der Waals surface area contributed by atoms with Gasteiger partial charge in [-0.25, -0.2) is 19.4 Å². The van der Waals surface area contributed by atoms with Crippen molar-refractivity contribution in [3.63, 3.8) is 0 Å². The summed E-state index contributed by atoms with van der Waals surface area (Å²) in [5, 5.41) is 14.3. The molecule has 12 heteroatoms. The van der Waals surface area contributed by atoms with Gasteiger partial charge >= 0.3 is 11.7 Å². The average Bonchev–Trinajstić information content (AvgIpc) is 3.51. The molecule has 1 N–H and O–H groups in total. The average molecular weight is 583 g/mol. The van der Waals surface area contributed by atoms with Crippen LogP contribution in [-0.4, -0.2) is 52.4 Å². The smallest absolute Gasteiger partial charge is 0.333 e. The lowest BCUT2D eigenvalue weighted by Gasteiger charge is -2.19. The summed E-state index contributed by atoms with van der Waals surface area (Å²) in [5.41, 5.74) is 3.27. The lowest BCUT2D eigenvalue weighted by molar-refractivity contribution is -0.141. The Morgan fingerprint density at radius 1 is 1.00 bits per heavy atom. The Hall–Kier alpha value is -4.87. The number of carbonyl (C=O) groups is 1. The van der Waals surface area contributed by atoms with E-state index in [-0.39, 0.29) is 5.41 Å². The summed E-state index contributed by atoms with van der Waals surface area (Å²) >= 11 is 0. The molecular formula is C31H34N8O4. The van der Waals surface area contributed by atoms with Crippen molar-refractivity contribution in [1.82, 2.24) is 39.3 Å². The van der Waals surface area contributed by atoms with Gasteiger partial charge < -0.3 is 9.30 Å². The minimum atomic E-state index is -0.658. The first-order chi connectivity index (χ1) is 20.6. The summed E-state index contributed by atoms with van der Waals surface area (Å²) in [6, 6.07) is 16.0. The van der Waals surface area contributed by atoms with E-state index in [9.17, 15) is 14.4 Å². The van der Waals surface area contributed by atoms with Gasteiger partial charge in [0, 0.05) is 25.1 Å². The maximum Gasteiger partial charge on any atom is 0.333 e. The molecule has 0 saturated heterocycles. The highest BCUT2D eigenvalue weighted by Gasteiger charge is 2.29. The maximum atomic E-state index is 13.9. The third-order valence-electron chi connectivity index (χ3n) is 7.67. The van der Waals surface area contributed by atoms with Gasteiger partial charge in [0.1, 0.15) is 12.4 Å². The zero-order chi connectivity index (χ0) is 30.3. The lowest BCUT2D eigenvalue weighted by Crippen LogP contribution is -2.42. The zero-order valence-electron chi connectivity index (χ0n) is 24.7. The van der Waals surface area contributed by atoms with Crippen molar-refractivity contribution in [3.05, 3.63) is 80.8 Å². The molecule has 0 amide bonds. The summed E-state index contributed by atoms with van der Waals surface area (Å²) < 4.78 is 9.26. The Kier molecular flexibility index (Phi) is 7.28. The van der Waals surface area contributed by atoms with Crippen LogP contribution in [0.25, 0.3) is 33.7 Å². The summed E-state index contributed by atoms with van der Waals surface area (Å²) in [5.74, 6) is 0.988. The number of methoxy groups -OCH3 is 1. The van der Waals surface area contributed by atoms with E-state index >= 15 is 0 Å². The molecule has 3 heterocycles. The minimum absolute atomic E-state index is 0.130. The van der Waals surface area contributed by atoms with Crippen molar-refractivity contribution in [2.24, 2.45) is 11.3 Å². The number of tetrazole rings is 1. The second kappa shape index (κ2) is 11.1. The van der Waals surface area contributed by atoms with E-state index in [1.165, 1.54) is 7.11 Å². The first-order valence-corrected chi connectivity index (χ1v) is 14.3. The number of rotatable bonds is 9. The van der Waals surface area contributed by atoms with Crippen molar-refractivity contribution < 1.29 is 9.53 Å². The highest BCUT2D eigenvalue weighted by atomic mass is 16.5. The van der Waals surface area contributed by atoms with Crippen molar-refractivity contribution >= 4 is 17.1 Å². The molecule has 1 saturated carbocycles. The number of nitrogens with one attached hydrogen (secondary N) is 1. The van der Waals surface area contributed by atoms with Crippen LogP contribution in [0, 0.1) is 11.3 Å². The largest absolute Gasteiger partial charge is 0.468 e. The highest BCUT2D eigenvalue weighted by molar-refractivity contribution is 5.80. The van der Waals surface area contributed by atoms with Crippen LogP contribution in [0.4, 0.5) is 0 Å². The fourth-order valence-electron chi connectivity index (χ4n) is 5.36. The first-order valence-electron chi connectivity index (χ1n) is 14.3. The van der Waals surface area contributed by atoms with Crippen LogP contribution in [0.3, 0.4) is 0 Å². The molecule has 12 nitrogen and oxygen atoms in total. The van der Waals surface area contributed by atoms with Crippen LogP contribution in [0.15, 0.2) is 58.1 Å². The molecular weight excluding hydrogens is 548 g/mol. The fraction of sp³-hybridized carbons (Fsp3) is 0.387. The van der Waals surface area contributed by atoms with Gasteiger partial charge in [-0.3, -0.25) is 14.2 Å². The Balaban J connectivity index is 1.46. The Morgan fingerprint density at radius 3 is 2.35 bits per heavy atom. The maximum absolute atomic E-state index is 13.9. The monoisotopic (exact) mass is 582 g/mol. The number of ether oxygens (including phenoxy) is 1. The van der Waals surface area contributed by atoms with Crippen molar-refractivity contribution in [3.8, 4) is 22.5 Å². The number of hydrogen-bond donors (Lipinski definition) is 1. The molecule has 0 aliphatic heterocycles. The predicted octanol–water partition coefficient (Wildman–Crippen LogP) is 3.43. The van der Waals surface area contributed by atoms with Crippen LogP contribution >= 0.6 is 0 Å². The second-order valence-corrected chi connectivity index (χ2v) is 12.3. The van der Waals surface area contributed by atoms with Gasteiger partial charge in [-0.2, -0.15) is 0 Å². The number of imidazole rings is 1. The van der Waals surface area contributed by atoms with Gasteiger partial charge in [-0.15, -0.1) is 5.10 Å². The van der Waals surface area contributed by atoms with Crippen molar-refractivity contribution in [2.45, 2.75) is 59.7 Å². The summed E-state index contributed by atoms with van der Waals surface area (Å²) in [7, 11) is 1.24. The van der Waals surface area contributed by atoms with Crippen molar-refractivity contribution in [1.29, 1.82) is 0 Å². The quantitative estimate of drug-likeness (QED) is 0.261. The summed E-state index contributed by atoms with van der Waals surface area (Å²) in [6.07, 6.45) is 2.62. The molecule has 1 aliphatic carbocycles. The number of hydrogen-bond acceptors (Lipinski definition) is 8. The molecule has 6 rings (SSSR count). The summed E-state index contributed by atoms with van der Waals surface area (Å²) in [4.78, 5) is 44.6. The molecule has 0 radical (unpaired) electrons. The van der Waals surface area contributed by atoms with E-state index in [0.717, 1.165) is 39.7 Å². The number of H-pyrrole nitrogens is 1. The SMILES string of the molecule is COC(=O)Cn1c(=O)c2c(nc(CC(C)(C)C)n2Cc2ccc(-c3ccccc3-c3nnn[nH]3)cc2)n(CC2CC2)c1=O. The van der Waals surface area contributed by atoms with Gasteiger partial charge in [0.2, 0.25) is 0 Å². The number of benzene rings is 2. The fourth-order valence-corrected chi connectivity index (χ4v) is 5.36. The lowest BCUT2D eigenvalue weighted by atomic mass is 9.92. The van der Waals surface area contributed by atoms with Gasteiger partial charge in [-0.1, -0.05) is 69.3 Å². The molecule has 5 aromatic rings. The Labute approximate surface area is 247 Å². The van der Waals surface area contributed by atoms with E-state index in [0.29, 0.717) is 48.2 Å². The van der Waals surface area contributed by atoms with E-state index in [2.05, 4.69) is 41.4 Å². The van der Waals surface area contributed by atoms with Crippen LogP contribution < -0.4 is 11.2 Å². The van der Waals surface area contributed by atoms with Gasteiger partial charge in [0.25, 0.3) is 5.56 Å². The number of fused-ring (bicyclic) bond motifs is 1. The molecule has 1 fully saturated rings. The molecule has 43 heavy (non-hydrogen) atoms. The topological polar surface area (TPSA) is 143 Å². The van der Waals surface area contributed by atoms with E-state index < -0.39 is 23.8 Å². The molecule has 222 valence electrons. The molecule has 3 aromatic heterocycles. The number of carbonyl (C=O) groups excluding carboxylic acids is 1. The molecule has 0 spiro atoms. The number of esters is 1. The van der Waals surface area contributed by atoms with E-state index in [1.807, 2.05) is 53.1 Å². The predicted molar refractivity (Wildman–Crippen MR) is 160 cm³/mol. The standard InChI is InChI=1S/C31H34N8O4/c1-31(2,3)15-24-32-28-26(29(41)39(18-25(40)43-4)30(42)38(28)17-19-9-10-19)37(24)16-20-11-13-21(14-12-20)22-7-5-6-8-23(22)27-33-35-36-34-27/h5-8,11-14,19H,9-10,15-18H2,1-4H3,(H,33,34,35,36). The van der Waals surface area contributed by atoms with Crippen LogP contribution in [0.5, 0.6) is 0 Å². The Bertz CT molecular complexity index is 1910. The number of aromatic amines is 1. The van der Waals surface area contributed by atoms with Gasteiger partial charge in [0.05, 0.1) is 7.11 Å². The Morgan fingerprint density at radius 2 is 1.72 bits per heavy atom. The van der Waals surface area contributed by atoms with E-state index in [1.54, 1.807) is 4.57 Å². The molecule has 0 bridgehead atoms. The molecule has 0 unspecified atom stereocenters. The minimum Gasteiger partial charge on any atom is -0.468 e. The first kappa shape index (κ1) is 28.3. The molecule has 0 atom stereocenters. The summed E-state index contributed by atoms with van der Waals surface area (Å²) in [6.45, 7) is 6.70. The zero-order valence-corrected chi connectivity index (χ0v) is 24.7. The second-order valence-electron chi connectivity index (χ2n) is 12.3. The van der Waals surface area contributed by atoms with Crippen LogP contribution in [0.1, 0.15) is 45.0 Å². The van der Waals surface area contributed by atoms with Gasteiger partial charge in [-0.05, 0) is 51.3 Å². The van der Waals surface area contributed by atoms with Crippen molar-refractivity contribution in [2.75, 3.05) is 7.11 Å². The van der Waals surface area contributed by atoms with E-state index in [4.69, 9.17) is 9.72 Å². The van der Waals surface area contributed by atoms with Gasteiger partial charge in [0.15, 0.2) is 17.0 Å². The van der Waals surface area contributed by atoms with Crippen LogP contribution in [-0.2, 0) is 35.6 Å². The third-order valence-corrected chi connectivity index (χ3v) is 7.67. The van der Waals surface area contributed by atoms with Crippen LogP contribution in [0.2, 0.25) is 0 Å². The number of nitrogens with zero attached hydrogens (tertiary/aromatic N) is 7. The molecule has 2 aromatic carbocycles. The number of aromatic nitrogens is 8. The highest BCUT2D eigenvalue weighted by Crippen LogP contribution is 2.32. The third kappa shape index (κ3) is 5.77. The molecule has 1 aliphatic rings. The normalized spacial score (nSPS) is 13.5.